The highest BCUT2D eigenvalue weighted by atomic mass is 32.2. The SMILES string of the molecule is c1ccc(-c2cccc(-c3cc(N(c4ccccc4-c4ccccc4)c4cccc5sc6c(N(c7ccccc7)c7ccccc7)cccc6c45)cc4c3Sc3ccccc3C43c4ccccc4-c4ccccc43)c2)cc1. The van der Waals surface area contributed by atoms with E-state index in [2.05, 4.69) is 301 Å². The van der Waals surface area contributed by atoms with E-state index in [1.807, 2.05) is 23.1 Å². The van der Waals surface area contributed by atoms with Crippen molar-refractivity contribution in [1.29, 1.82) is 0 Å². The van der Waals surface area contributed by atoms with Crippen LogP contribution in [-0.2, 0) is 5.41 Å². The van der Waals surface area contributed by atoms with Crippen molar-refractivity contribution in [2.24, 2.45) is 0 Å². The first-order chi connectivity index (χ1) is 38.2. The molecule has 0 saturated carbocycles. The molecule has 12 aromatic carbocycles. The van der Waals surface area contributed by atoms with Crippen molar-refractivity contribution in [1.82, 2.24) is 0 Å². The Morgan fingerprint density at radius 2 is 0.818 bits per heavy atom. The molecule has 2 aliphatic rings. The van der Waals surface area contributed by atoms with Gasteiger partial charge in [0, 0.05) is 47.9 Å². The molecule has 0 atom stereocenters. The zero-order valence-electron chi connectivity index (χ0n) is 41.9. The molecule has 0 unspecified atom stereocenters. The lowest BCUT2D eigenvalue weighted by Gasteiger charge is -2.41. The number of para-hydroxylation sites is 3. The van der Waals surface area contributed by atoms with Crippen LogP contribution in [0.2, 0.25) is 0 Å². The van der Waals surface area contributed by atoms with Gasteiger partial charge in [-0.2, -0.15) is 0 Å². The van der Waals surface area contributed by atoms with Gasteiger partial charge in [-0.15, -0.1) is 11.3 Å². The summed E-state index contributed by atoms with van der Waals surface area (Å²) in [4.78, 5) is 7.54. The summed E-state index contributed by atoms with van der Waals surface area (Å²) in [5, 5.41) is 2.43. The lowest BCUT2D eigenvalue weighted by molar-refractivity contribution is 0.723. The Balaban J connectivity index is 1.07. The van der Waals surface area contributed by atoms with Crippen LogP contribution in [0.25, 0.3) is 64.7 Å². The Bertz CT molecular complexity index is 4290. The molecule has 0 amide bonds. The monoisotopic (exact) mass is 1020 g/mol. The molecule has 15 rings (SSSR count). The van der Waals surface area contributed by atoms with Crippen molar-refractivity contribution in [3.63, 3.8) is 0 Å². The molecular weight excluding hydrogens is 969 g/mol. The lowest BCUT2D eigenvalue weighted by atomic mass is 9.66. The van der Waals surface area contributed by atoms with Crippen molar-refractivity contribution < 1.29 is 0 Å². The van der Waals surface area contributed by atoms with Gasteiger partial charge in [0.2, 0.25) is 0 Å². The zero-order valence-corrected chi connectivity index (χ0v) is 43.6. The summed E-state index contributed by atoms with van der Waals surface area (Å²) in [6.45, 7) is 0. The second kappa shape index (κ2) is 18.6. The third kappa shape index (κ3) is 7.24. The first kappa shape index (κ1) is 45.2. The third-order valence-corrected chi connectivity index (χ3v) is 18.1. The van der Waals surface area contributed by atoms with Gasteiger partial charge in [0.05, 0.1) is 27.2 Å². The summed E-state index contributed by atoms with van der Waals surface area (Å²) < 4.78 is 2.45. The highest BCUT2D eigenvalue weighted by Gasteiger charge is 2.51. The first-order valence-corrected chi connectivity index (χ1v) is 28.0. The molecule has 2 heterocycles. The van der Waals surface area contributed by atoms with Crippen LogP contribution in [0.3, 0.4) is 0 Å². The Kier molecular flexibility index (Phi) is 10.9. The second-order valence-corrected chi connectivity index (χ2v) is 22.0. The summed E-state index contributed by atoms with van der Waals surface area (Å²) in [6, 6.07) is 108. The van der Waals surface area contributed by atoms with Crippen LogP contribution < -0.4 is 9.80 Å². The molecule has 13 aromatic rings. The van der Waals surface area contributed by atoms with E-state index in [-0.39, 0.29) is 0 Å². The molecule has 0 N–H and O–H groups in total. The first-order valence-electron chi connectivity index (χ1n) is 26.3. The highest BCUT2D eigenvalue weighted by molar-refractivity contribution is 7.99. The fourth-order valence-corrected chi connectivity index (χ4v) is 15.0. The smallest absolute Gasteiger partial charge is 0.0736 e. The van der Waals surface area contributed by atoms with Crippen molar-refractivity contribution >= 4 is 77.4 Å². The Morgan fingerprint density at radius 3 is 1.52 bits per heavy atom. The van der Waals surface area contributed by atoms with Crippen LogP contribution in [0.4, 0.5) is 34.1 Å². The van der Waals surface area contributed by atoms with E-state index in [4.69, 9.17) is 0 Å². The minimum Gasteiger partial charge on any atom is -0.309 e. The molecule has 1 aliphatic heterocycles. The molecule has 0 saturated heterocycles. The summed E-state index contributed by atoms with van der Waals surface area (Å²) in [5.74, 6) is 0. The maximum atomic E-state index is 2.59. The zero-order chi connectivity index (χ0) is 50.9. The summed E-state index contributed by atoms with van der Waals surface area (Å²) in [6.07, 6.45) is 0. The van der Waals surface area contributed by atoms with Crippen molar-refractivity contribution in [3.8, 4) is 44.5 Å². The Morgan fingerprint density at radius 1 is 0.299 bits per heavy atom. The predicted octanol–water partition coefficient (Wildman–Crippen LogP) is 20.8. The minimum absolute atomic E-state index is 0.620. The maximum absolute atomic E-state index is 2.59. The second-order valence-electron chi connectivity index (χ2n) is 19.9. The standard InChI is InChI=1S/C73H48N2S2/c1-5-24-49(25-6-1)51-28-21-29-52(46-51)60-47-55(48-64-71(60)76-68-44-20-18-40-63(68)73(64)61-38-16-13-35-57(61)58-36-14-17-39-62(58)73)75(65-41-19-15-34-56(65)50-26-7-2-8-27-50)66-42-23-45-69-70(66)59-37-22-43-67(72(59)77-69)74(53-30-9-3-10-31-53)54-32-11-4-12-33-54/h1-48H. The number of rotatable bonds is 9. The van der Waals surface area contributed by atoms with Crippen LogP contribution in [-0.4, -0.2) is 0 Å². The quantitative estimate of drug-likeness (QED) is 0.142. The Hall–Kier alpha value is -9.19. The molecule has 1 aromatic heterocycles. The number of hydrogen-bond donors (Lipinski definition) is 0. The molecule has 0 bridgehead atoms. The van der Waals surface area contributed by atoms with E-state index in [0.29, 0.717) is 0 Å². The topological polar surface area (TPSA) is 6.48 Å². The number of fused-ring (bicyclic) bond motifs is 12. The maximum Gasteiger partial charge on any atom is 0.0736 e. The van der Waals surface area contributed by atoms with Gasteiger partial charge in [0.1, 0.15) is 0 Å². The lowest BCUT2D eigenvalue weighted by Crippen LogP contribution is -2.32. The highest BCUT2D eigenvalue weighted by Crippen LogP contribution is 2.64. The average Bonchev–Trinajstić information content (AvgIpc) is 4.23. The van der Waals surface area contributed by atoms with Crippen LogP contribution >= 0.6 is 23.1 Å². The normalized spacial score (nSPS) is 12.7. The van der Waals surface area contributed by atoms with E-state index in [0.717, 1.165) is 45.3 Å². The molecule has 77 heavy (non-hydrogen) atoms. The third-order valence-electron chi connectivity index (χ3n) is 15.7. The van der Waals surface area contributed by atoms with Gasteiger partial charge in [0.15, 0.2) is 0 Å². The number of thiophene rings is 1. The van der Waals surface area contributed by atoms with Gasteiger partial charge in [-0.1, -0.05) is 230 Å². The number of hydrogen-bond acceptors (Lipinski definition) is 4. The van der Waals surface area contributed by atoms with Crippen molar-refractivity contribution in [3.05, 3.63) is 313 Å². The van der Waals surface area contributed by atoms with Gasteiger partial charge < -0.3 is 9.80 Å². The predicted molar refractivity (Wildman–Crippen MR) is 326 cm³/mol. The van der Waals surface area contributed by atoms with Crippen LogP contribution in [0.1, 0.15) is 22.3 Å². The van der Waals surface area contributed by atoms with E-state index in [1.54, 1.807) is 0 Å². The van der Waals surface area contributed by atoms with Gasteiger partial charge in [-0.05, 0) is 134 Å². The molecule has 0 fully saturated rings. The van der Waals surface area contributed by atoms with Crippen LogP contribution in [0.15, 0.2) is 301 Å². The van der Waals surface area contributed by atoms with E-state index in [1.165, 1.54) is 85.6 Å². The van der Waals surface area contributed by atoms with Crippen LogP contribution in [0, 0.1) is 0 Å². The van der Waals surface area contributed by atoms with Crippen LogP contribution in [0.5, 0.6) is 0 Å². The molecule has 4 heteroatoms. The van der Waals surface area contributed by atoms with Crippen molar-refractivity contribution in [2.75, 3.05) is 9.80 Å². The fraction of sp³-hybridized carbons (Fsp3) is 0.0137. The van der Waals surface area contributed by atoms with Crippen molar-refractivity contribution in [2.45, 2.75) is 15.2 Å². The molecule has 0 radical (unpaired) electrons. The number of anilines is 6. The summed E-state index contributed by atoms with van der Waals surface area (Å²) in [7, 11) is 0. The van der Waals surface area contributed by atoms with Gasteiger partial charge >= 0.3 is 0 Å². The van der Waals surface area contributed by atoms with Gasteiger partial charge in [0.25, 0.3) is 0 Å². The summed E-state index contributed by atoms with van der Waals surface area (Å²) in [5.41, 5.74) is 20.9. The van der Waals surface area contributed by atoms with E-state index >= 15 is 0 Å². The van der Waals surface area contributed by atoms with Gasteiger partial charge in [-0.25, -0.2) is 0 Å². The average molecular weight is 1020 g/mol. The molecular formula is C73H48N2S2. The Labute approximate surface area is 457 Å². The molecule has 1 spiro atoms. The molecule has 362 valence electrons. The fourth-order valence-electron chi connectivity index (χ4n) is 12.5. The largest absolute Gasteiger partial charge is 0.309 e. The molecule has 1 aliphatic carbocycles. The molecule has 2 nitrogen and oxygen atoms in total. The number of nitrogens with zero attached hydrogens (tertiary/aromatic N) is 2. The van der Waals surface area contributed by atoms with E-state index < -0.39 is 5.41 Å². The van der Waals surface area contributed by atoms with E-state index in [9.17, 15) is 0 Å². The number of benzene rings is 12. The minimum atomic E-state index is -0.620. The van der Waals surface area contributed by atoms with Gasteiger partial charge in [-0.3, -0.25) is 0 Å². The summed E-state index contributed by atoms with van der Waals surface area (Å²) >= 11 is 3.78.